The van der Waals surface area contributed by atoms with Gasteiger partial charge in [-0.3, -0.25) is 10.1 Å². The van der Waals surface area contributed by atoms with Crippen LogP contribution in [-0.4, -0.2) is 41.2 Å². The van der Waals surface area contributed by atoms with Crippen LogP contribution in [0.25, 0.3) is 0 Å². The van der Waals surface area contributed by atoms with Crippen LogP contribution in [0.2, 0.25) is 0 Å². The van der Waals surface area contributed by atoms with Crippen LogP contribution < -0.4 is 14.8 Å². The summed E-state index contributed by atoms with van der Waals surface area (Å²) in [6.45, 7) is 1.84. The first-order valence-corrected chi connectivity index (χ1v) is 8.22. The molecule has 0 bridgehead atoms. The Hall–Kier alpha value is -2.75. The second-order valence-electron chi connectivity index (χ2n) is 5.01. The summed E-state index contributed by atoms with van der Waals surface area (Å²) in [6, 6.07) is 7.28. The maximum absolute atomic E-state index is 11.8. The summed E-state index contributed by atoms with van der Waals surface area (Å²) in [6.07, 6.45) is -1.36. The van der Waals surface area contributed by atoms with E-state index in [1.54, 1.807) is 13.0 Å². The fourth-order valence-electron chi connectivity index (χ4n) is 2.00. The van der Waals surface area contributed by atoms with E-state index in [0.717, 1.165) is 11.8 Å². The number of imide groups is 1. The lowest BCUT2D eigenvalue weighted by molar-refractivity contribution is -0.119. The number of aromatic nitrogens is 2. The fraction of sp³-hybridized carbons (Fsp3) is 0.333. The Morgan fingerprint density at radius 3 is 2.84 bits per heavy atom. The average molecular weight is 365 g/mol. The van der Waals surface area contributed by atoms with Crippen LogP contribution in [0.5, 0.6) is 11.5 Å². The van der Waals surface area contributed by atoms with Crippen molar-refractivity contribution in [2.24, 2.45) is 0 Å². The quantitative estimate of drug-likeness (QED) is 0.812. The molecule has 2 atom stereocenters. The van der Waals surface area contributed by atoms with Gasteiger partial charge in [0.05, 0.1) is 12.4 Å². The van der Waals surface area contributed by atoms with Gasteiger partial charge in [0.1, 0.15) is 6.61 Å². The predicted molar refractivity (Wildman–Crippen MR) is 85.5 cm³/mol. The minimum atomic E-state index is -0.824. The highest BCUT2D eigenvalue weighted by Crippen LogP contribution is 2.36. The number of hydrogen-bond donors (Lipinski definition) is 1. The lowest BCUT2D eigenvalue weighted by Crippen LogP contribution is -2.35. The zero-order valence-electron chi connectivity index (χ0n) is 13.4. The number of carbonyl (C=O) groups is 2. The molecule has 0 saturated carbocycles. The molecule has 2 heterocycles. The lowest BCUT2D eigenvalue weighted by atomic mass is 10.2. The van der Waals surface area contributed by atoms with Crippen LogP contribution in [0.15, 0.2) is 33.9 Å². The largest absolute Gasteiger partial charge is 0.485 e. The zero-order valence-corrected chi connectivity index (χ0v) is 14.2. The third-order valence-electron chi connectivity index (χ3n) is 3.26. The molecule has 1 N–H and O–H groups in total. The van der Waals surface area contributed by atoms with Crippen LogP contribution in [0, 0.1) is 0 Å². The van der Waals surface area contributed by atoms with Crippen LogP contribution in [0.1, 0.15) is 18.9 Å². The number of hydrogen-bond acceptors (Lipinski definition) is 9. The number of carbonyl (C=O) groups excluding carboxylic acids is 2. The molecule has 9 nitrogen and oxygen atoms in total. The van der Waals surface area contributed by atoms with E-state index in [1.165, 1.54) is 7.11 Å². The predicted octanol–water partition coefficient (Wildman–Crippen LogP) is 1.95. The molecule has 1 aliphatic heterocycles. The molecule has 10 heteroatoms. The Kier molecular flexibility index (Phi) is 5.08. The fourth-order valence-corrected chi connectivity index (χ4v) is 2.69. The number of fused-ring (bicyclic) bond motifs is 1. The molecule has 25 heavy (non-hydrogen) atoms. The molecule has 0 radical (unpaired) electrons. The van der Waals surface area contributed by atoms with Gasteiger partial charge in [-0.2, -0.15) is 0 Å². The van der Waals surface area contributed by atoms with Crippen molar-refractivity contribution in [3.05, 3.63) is 30.2 Å². The van der Waals surface area contributed by atoms with E-state index in [2.05, 4.69) is 20.3 Å². The molecule has 2 aromatic rings. The standard InChI is InChI=1S/C15H15N3O6S/c1-8(12(19)16-14(20)21-2)25-15-18-17-13(24-15)11-7-22-9-5-3-4-6-10(9)23-11/h3-6,8,11H,7H2,1-2H3,(H,16,19,20)/t8-,11+/m0/s1. The van der Waals surface area contributed by atoms with Gasteiger partial charge in [-0.1, -0.05) is 23.9 Å². The Morgan fingerprint density at radius 1 is 1.32 bits per heavy atom. The number of benzene rings is 1. The van der Waals surface area contributed by atoms with E-state index < -0.39 is 23.4 Å². The summed E-state index contributed by atoms with van der Waals surface area (Å²) in [7, 11) is 1.18. The number of nitrogens with zero attached hydrogens (tertiary/aromatic N) is 2. The number of para-hydroxylation sites is 2. The van der Waals surface area contributed by atoms with Crippen molar-refractivity contribution in [3.63, 3.8) is 0 Å². The van der Waals surface area contributed by atoms with Gasteiger partial charge in [-0.15, -0.1) is 10.2 Å². The van der Waals surface area contributed by atoms with Crippen molar-refractivity contribution in [3.8, 4) is 11.5 Å². The molecule has 1 aromatic carbocycles. The van der Waals surface area contributed by atoms with Crippen molar-refractivity contribution in [1.82, 2.24) is 15.5 Å². The summed E-state index contributed by atoms with van der Waals surface area (Å²) in [5.41, 5.74) is 0. The summed E-state index contributed by atoms with van der Waals surface area (Å²) in [5.74, 6) is 0.971. The Morgan fingerprint density at radius 2 is 2.08 bits per heavy atom. The molecule has 132 valence electrons. The number of alkyl carbamates (subject to hydrolysis) is 1. The van der Waals surface area contributed by atoms with Gasteiger partial charge in [0.2, 0.25) is 12.0 Å². The van der Waals surface area contributed by atoms with Gasteiger partial charge in [-0.05, 0) is 19.1 Å². The Labute approximate surface area is 147 Å². The molecule has 0 fully saturated rings. The maximum Gasteiger partial charge on any atom is 0.413 e. The number of amides is 2. The monoisotopic (exact) mass is 365 g/mol. The second kappa shape index (κ2) is 7.43. The van der Waals surface area contributed by atoms with Crippen LogP contribution in [0.3, 0.4) is 0 Å². The molecule has 0 saturated heterocycles. The zero-order chi connectivity index (χ0) is 17.8. The lowest BCUT2D eigenvalue weighted by Gasteiger charge is -2.23. The molecule has 0 unspecified atom stereocenters. The van der Waals surface area contributed by atoms with Gasteiger partial charge >= 0.3 is 6.09 Å². The summed E-state index contributed by atoms with van der Waals surface area (Å²) in [4.78, 5) is 22.8. The summed E-state index contributed by atoms with van der Waals surface area (Å²) < 4.78 is 21.3. The highest BCUT2D eigenvalue weighted by atomic mass is 32.2. The maximum atomic E-state index is 11.8. The Bertz CT molecular complexity index is 780. The summed E-state index contributed by atoms with van der Waals surface area (Å²) in [5, 5.41) is 9.45. The SMILES string of the molecule is COC(=O)NC(=O)[C@H](C)Sc1nnc([C@H]2COc3ccccc3O2)o1. The van der Waals surface area contributed by atoms with E-state index >= 15 is 0 Å². The van der Waals surface area contributed by atoms with Gasteiger partial charge in [0.25, 0.3) is 11.1 Å². The third-order valence-corrected chi connectivity index (χ3v) is 4.20. The van der Waals surface area contributed by atoms with Crippen molar-refractivity contribution < 1.29 is 28.2 Å². The molecule has 0 spiro atoms. The first-order valence-electron chi connectivity index (χ1n) is 7.34. The second-order valence-corrected chi connectivity index (χ2v) is 6.30. The number of ether oxygens (including phenoxy) is 3. The molecule has 1 aromatic heterocycles. The van der Waals surface area contributed by atoms with Crippen molar-refractivity contribution in [1.29, 1.82) is 0 Å². The smallest absolute Gasteiger partial charge is 0.413 e. The number of thioether (sulfide) groups is 1. The molecule has 3 rings (SSSR count). The van der Waals surface area contributed by atoms with Crippen LogP contribution >= 0.6 is 11.8 Å². The minimum Gasteiger partial charge on any atom is -0.485 e. The number of methoxy groups -OCH3 is 1. The van der Waals surface area contributed by atoms with E-state index in [1.807, 2.05) is 18.2 Å². The minimum absolute atomic E-state index is 0.185. The van der Waals surface area contributed by atoms with Crippen LogP contribution in [-0.2, 0) is 9.53 Å². The Balaban J connectivity index is 1.61. The molecule has 0 aliphatic carbocycles. The van der Waals surface area contributed by atoms with Gasteiger partial charge in [0.15, 0.2) is 11.5 Å². The van der Waals surface area contributed by atoms with Crippen molar-refractivity contribution in [2.75, 3.05) is 13.7 Å². The number of nitrogens with one attached hydrogen (secondary N) is 1. The number of rotatable bonds is 4. The normalized spacial score (nSPS) is 16.8. The molecule has 2 amide bonds. The van der Waals surface area contributed by atoms with Gasteiger partial charge in [-0.25, -0.2) is 4.79 Å². The first kappa shape index (κ1) is 17.1. The first-order chi connectivity index (χ1) is 12.1. The van der Waals surface area contributed by atoms with Gasteiger partial charge in [0, 0.05) is 0 Å². The topological polar surface area (TPSA) is 113 Å². The van der Waals surface area contributed by atoms with E-state index in [9.17, 15) is 9.59 Å². The third kappa shape index (κ3) is 4.02. The van der Waals surface area contributed by atoms with E-state index in [-0.39, 0.29) is 17.7 Å². The molecular weight excluding hydrogens is 350 g/mol. The molecular formula is C15H15N3O6S. The average Bonchev–Trinajstić information content (AvgIpc) is 3.09. The van der Waals surface area contributed by atoms with Crippen molar-refractivity contribution in [2.45, 2.75) is 23.5 Å². The molecule has 1 aliphatic rings. The summed E-state index contributed by atoms with van der Waals surface area (Å²) >= 11 is 1.02. The van der Waals surface area contributed by atoms with Crippen LogP contribution in [0.4, 0.5) is 4.79 Å². The van der Waals surface area contributed by atoms with E-state index in [0.29, 0.717) is 11.5 Å². The highest BCUT2D eigenvalue weighted by molar-refractivity contribution is 8.00. The van der Waals surface area contributed by atoms with Gasteiger partial charge < -0.3 is 18.6 Å². The highest BCUT2D eigenvalue weighted by Gasteiger charge is 2.28. The van der Waals surface area contributed by atoms with E-state index in [4.69, 9.17) is 13.9 Å². The van der Waals surface area contributed by atoms with Crippen molar-refractivity contribution >= 4 is 23.8 Å².